The zero-order chi connectivity index (χ0) is 14.3. The van der Waals surface area contributed by atoms with E-state index < -0.39 is 0 Å². The molecule has 19 heavy (non-hydrogen) atoms. The Morgan fingerprint density at radius 3 is 2.32 bits per heavy atom. The van der Waals surface area contributed by atoms with Gasteiger partial charge in [0.05, 0.1) is 0 Å². The third kappa shape index (κ3) is 4.54. The highest BCUT2D eigenvalue weighted by Gasteiger charge is 2.12. The van der Waals surface area contributed by atoms with Crippen molar-refractivity contribution < 1.29 is 0 Å². The van der Waals surface area contributed by atoms with Gasteiger partial charge in [-0.3, -0.25) is 0 Å². The van der Waals surface area contributed by atoms with Crippen molar-refractivity contribution >= 4 is 5.69 Å². The highest BCUT2D eigenvalue weighted by Crippen LogP contribution is 2.23. The predicted octanol–water partition coefficient (Wildman–Crippen LogP) is 3.76. The topological polar surface area (TPSA) is 29.3 Å². The van der Waals surface area contributed by atoms with Crippen LogP contribution in [0.4, 0.5) is 5.69 Å². The molecular formula is C17H30N2. The molecule has 0 aliphatic carbocycles. The first kappa shape index (κ1) is 16.0. The van der Waals surface area contributed by atoms with E-state index in [-0.39, 0.29) is 0 Å². The Morgan fingerprint density at radius 1 is 1.16 bits per heavy atom. The number of hydrogen-bond donors (Lipinski definition) is 1. The summed E-state index contributed by atoms with van der Waals surface area (Å²) in [6.45, 7) is 12.0. The Kier molecular flexibility index (Phi) is 6.93. The molecule has 0 saturated heterocycles. The van der Waals surface area contributed by atoms with E-state index >= 15 is 0 Å². The van der Waals surface area contributed by atoms with Crippen molar-refractivity contribution in [3.8, 4) is 0 Å². The van der Waals surface area contributed by atoms with Crippen molar-refractivity contribution in [3.63, 3.8) is 0 Å². The molecule has 2 N–H and O–H groups in total. The van der Waals surface area contributed by atoms with Crippen molar-refractivity contribution in [2.45, 2.75) is 47.0 Å². The Hall–Kier alpha value is -1.02. The van der Waals surface area contributed by atoms with Gasteiger partial charge in [0.15, 0.2) is 0 Å². The molecular weight excluding hydrogens is 232 g/mol. The van der Waals surface area contributed by atoms with Crippen LogP contribution in [0, 0.1) is 12.8 Å². The molecule has 1 rings (SSSR count). The first-order valence-electron chi connectivity index (χ1n) is 7.70. The van der Waals surface area contributed by atoms with Crippen LogP contribution in [-0.2, 0) is 6.42 Å². The summed E-state index contributed by atoms with van der Waals surface area (Å²) in [7, 11) is 0. The van der Waals surface area contributed by atoms with Crippen LogP contribution >= 0.6 is 0 Å². The molecule has 0 radical (unpaired) electrons. The van der Waals surface area contributed by atoms with E-state index in [0.717, 1.165) is 25.4 Å². The van der Waals surface area contributed by atoms with Gasteiger partial charge in [-0.05, 0) is 49.9 Å². The second-order valence-electron chi connectivity index (χ2n) is 5.38. The van der Waals surface area contributed by atoms with Crippen molar-refractivity contribution in [1.29, 1.82) is 0 Å². The average Bonchev–Trinajstić information content (AvgIpc) is 2.42. The maximum absolute atomic E-state index is 5.63. The Bertz CT molecular complexity index is 370. The lowest BCUT2D eigenvalue weighted by atomic mass is 10.0. The monoisotopic (exact) mass is 262 g/mol. The van der Waals surface area contributed by atoms with Gasteiger partial charge in [-0.15, -0.1) is 0 Å². The molecule has 0 unspecified atom stereocenters. The largest absolute Gasteiger partial charge is 0.371 e. The zero-order valence-electron chi connectivity index (χ0n) is 13.1. The first-order valence-corrected chi connectivity index (χ1v) is 7.70. The highest BCUT2D eigenvalue weighted by atomic mass is 15.1. The lowest BCUT2D eigenvalue weighted by Crippen LogP contribution is -2.29. The summed E-state index contributed by atoms with van der Waals surface area (Å²) in [6.07, 6.45) is 3.49. The number of aryl methyl sites for hydroxylation is 1. The molecule has 2 nitrogen and oxygen atoms in total. The van der Waals surface area contributed by atoms with Crippen LogP contribution in [0.1, 0.15) is 44.7 Å². The average molecular weight is 262 g/mol. The van der Waals surface area contributed by atoms with Crippen LogP contribution in [0.2, 0.25) is 0 Å². The Morgan fingerprint density at radius 2 is 1.84 bits per heavy atom. The molecule has 0 aliphatic heterocycles. The van der Waals surface area contributed by atoms with Gasteiger partial charge in [-0.25, -0.2) is 0 Å². The SMILES string of the molecule is CCC(CC)CN(CC)c1ccc(CCN)cc1C. The summed E-state index contributed by atoms with van der Waals surface area (Å²) >= 11 is 0. The highest BCUT2D eigenvalue weighted by molar-refractivity contribution is 5.54. The van der Waals surface area contributed by atoms with Gasteiger partial charge in [0, 0.05) is 18.8 Å². The molecule has 0 atom stereocenters. The minimum atomic E-state index is 0.726. The van der Waals surface area contributed by atoms with Crippen LogP contribution < -0.4 is 10.6 Å². The van der Waals surface area contributed by atoms with Crippen molar-refractivity contribution in [2.75, 3.05) is 24.5 Å². The summed E-state index contributed by atoms with van der Waals surface area (Å²) in [5, 5.41) is 0. The molecule has 0 spiro atoms. The molecule has 1 aromatic carbocycles. The van der Waals surface area contributed by atoms with Gasteiger partial charge in [0.1, 0.15) is 0 Å². The fourth-order valence-corrected chi connectivity index (χ4v) is 2.65. The smallest absolute Gasteiger partial charge is 0.0396 e. The quantitative estimate of drug-likeness (QED) is 0.773. The second-order valence-corrected chi connectivity index (χ2v) is 5.38. The normalized spacial score (nSPS) is 11.1. The van der Waals surface area contributed by atoms with Crippen LogP contribution in [0.25, 0.3) is 0 Å². The van der Waals surface area contributed by atoms with E-state index in [1.807, 2.05) is 0 Å². The Labute approximate surface area is 119 Å². The number of hydrogen-bond acceptors (Lipinski definition) is 2. The van der Waals surface area contributed by atoms with E-state index in [0.29, 0.717) is 0 Å². The summed E-state index contributed by atoms with van der Waals surface area (Å²) in [4.78, 5) is 2.51. The molecule has 108 valence electrons. The predicted molar refractivity (Wildman–Crippen MR) is 85.9 cm³/mol. The number of nitrogens with zero attached hydrogens (tertiary/aromatic N) is 1. The number of benzene rings is 1. The minimum absolute atomic E-state index is 0.726. The second kappa shape index (κ2) is 8.21. The minimum Gasteiger partial charge on any atom is -0.371 e. The van der Waals surface area contributed by atoms with Gasteiger partial charge < -0.3 is 10.6 Å². The molecule has 0 aromatic heterocycles. The Balaban J connectivity index is 2.86. The van der Waals surface area contributed by atoms with E-state index in [9.17, 15) is 0 Å². The van der Waals surface area contributed by atoms with E-state index in [1.165, 1.54) is 36.2 Å². The van der Waals surface area contributed by atoms with E-state index in [2.05, 4.69) is 50.8 Å². The molecule has 0 saturated carbocycles. The van der Waals surface area contributed by atoms with Crippen LogP contribution in [0.5, 0.6) is 0 Å². The van der Waals surface area contributed by atoms with Gasteiger partial charge in [0.2, 0.25) is 0 Å². The summed E-state index contributed by atoms with van der Waals surface area (Å²) in [5.41, 5.74) is 9.73. The lowest BCUT2D eigenvalue weighted by Gasteiger charge is -2.29. The third-order valence-corrected chi connectivity index (χ3v) is 4.05. The van der Waals surface area contributed by atoms with E-state index in [1.54, 1.807) is 0 Å². The molecule has 0 heterocycles. The standard InChI is InChI=1S/C17H30N2/c1-5-15(6-2)13-19(7-3)17-9-8-16(10-11-18)12-14(17)4/h8-9,12,15H,5-7,10-11,13,18H2,1-4H3. The number of anilines is 1. The molecule has 0 aliphatic rings. The van der Waals surface area contributed by atoms with Crippen LogP contribution in [0.15, 0.2) is 18.2 Å². The molecule has 1 aromatic rings. The number of nitrogens with two attached hydrogens (primary N) is 1. The van der Waals surface area contributed by atoms with Gasteiger partial charge in [-0.2, -0.15) is 0 Å². The summed E-state index contributed by atoms with van der Waals surface area (Å²) in [5.74, 6) is 0.795. The van der Waals surface area contributed by atoms with Crippen molar-refractivity contribution in [1.82, 2.24) is 0 Å². The maximum Gasteiger partial charge on any atom is 0.0396 e. The van der Waals surface area contributed by atoms with Gasteiger partial charge in [-0.1, -0.05) is 38.8 Å². The fourth-order valence-electron chi connectivity index (χ4n) is 2.65. The lowest BCUT2D eigenvalue weighted by molar-refractivity contribution is 0.486. The third-order valence-electron chi connectivity index (χ3n) is 4.05. The summed E-state index contributed by atoms with van der Waals surface area (Å²) in [6, 6.07) is 6.79. The van der Waals surface area contributed by atoms with E-state index in [4.69, 9.17) is 5.73 Å². The van der Waals surface area contributed by atoms with Crippen LogP contribution in [-0.4, -0.2) is 19.6 Å². The fraction of sp³-hybridized carbons (Fsp3) is 0.647. The molecule has 0 fully saturated rings. The molecule has 0 bridgehead atoms. The van der Waals surface area contributed by atoms with Crippen LogP contribution in [0.3, 0.4) is 0 Å². The van der Waals surface area contributed by atoms with Crippen molar-refractivity contribution in [2.24, 2.45) is 11.7 Å². The van der Waals surface area contributed by atoms with Gasteiger partial charge >= 0.3 is 0 Å². The first-order chi connectivity index (χ1) is 9.15. The zero-order valence-corrected chi connectivity index (χ0v) is 13.1. The van der Waals surface area contributed by atoms with Crippen molar-refractivity contribution in [3.05, 3.63) is 29.3 Å². The maximum atomic E-state index is 5.63. The number of rotatable bonds is 8. The molecule has 2 heteroatoms. The van der Waals surface area contributed by atoms with Gasteiger partial charge in [0.25, 0.3) is 0 Å². The molecule has 0 amide bonds. The summed E-state index contributed by atoms with van der Waals surface area (Å²) < 4.78 is 0.